The van der Waals surface area contributed by atoms with Gasteiger partial charge in [-0.05, 0) is 18.2 Å². The van der Waals surface area contributed by atoms with Crippen molar-refractivity contribution in [1.82, 2.24) is 5.32 Å². The lowest BCUT2D eigenvalue weighted by Gasteiger charge is -2.09. The van der Waals surface area contributed by atoms with Gasteiger partial charge in [0.05, 0.1) is 7.11 Å². The Hall–Kier alpha value is -0.770. The minimum atomic E-state index is 0.628. The molecule has 14 heavy (non-hydrogen) atoms. The molecular formula is C10H15ClN2O. The van der Waals surface area contributed by atoms with E-state index >= 15 is 0 Å². The van der Waals surface area contributed by atoms with Gasteiger partial charge in [-0.2, -0.15) is 0 Å². The van der Waals surface area contributed by atoms with Gasteiger partial charge in [-0.1, -0.05) is 11.6 Å². The summed E-state index contributed by atoms with van der Waals surface area (Å²) in [5.41, 5.74) is 6.42. The highest BCUT2D eigenvalue weighted by Crippen LogP contribution is 2.22. The van der Waals surface area contributed by atoms with Crippen LogP contribution in [0.3, 0.4) is 0 Å². The van der Waals surface area contributed by atoms with E-state index in [2.05, 4.69) is 5.32 Å². The van der Waals surface area contributed by atoms with Crippen LogP contribution < -0.4 is 15.8 Å². The third-order valence-corrected chi connectivity index (χ3v) is 2.11. The molecule has 0 radical (unpaired) electrons. The van der Waals surface area contributed by atoms with Gasteiger partial charge in [0.2, 0.25) is 0 Å². The molecule has 0 saturated carbocycles. The van der Waals surface area contributed by atoms with E-state index < -0.39 is 0 Å². The molecule has 0 atom stereocenters. The standard InChI is InChI=1S/C10H15ClN2O/c1-14-10-3-2-9(11)6-8(10)7-13-5-4-12/h2-3,6,13H,4-5,7,12H2,1H3. The maximum absolute atomic E-state index is 5.88. The Labute approximate surface area is 89.2 Å². The van der Waals surface area contributed by atoms with Crippen molar-refractivity contribution in [2.75, 3.05) is 20.2 Å². The van der Waals surface area contributed by atoms with Gasteiger partial charge in [0.1, 0.15) is 5.75 Å². The second-order valence-electron chi connectivity index (χ2n) is 2.92. The average Bonchev–Trinajstić information content (AvgIpc) is 2.19. The van der Waals surface area contributed by atoms with Crippen molar-refractivity contribution in [2.45, 2.75) is 6.54 Å². The fraction of sp³-hybridized carbons (Fsp3) is 0.400. The summed E-state index contributed by atoms with van der Waals surface area (Å²) in [5, 5.41) is 3.91. The summed E-state index contributed by atoms with van der Waals surface area (Å²) in [7, 11) is 1.65. The normalized spacial score (nSPS) is 10.2. The van der Waals surface area contributed by atoms with Gasteiger partial charge in [0, 0.05) is 30.2 Å². The molecule has 4 heteroatoms. The first-order valence-electron chi connectivity index (χ1n) is 4.51. The zero-order chi connectivity index (χ0) is 10.4. The lowest BCUT2D eigenvalue weighted by atomic mass is 10.2. The van der Waals surface area contributed by atoms with Crippen molar-refractivity contribution in [3.63, 3.8) is 0 Å². The van der Waals surface area contributed by atoms with Crippen molar-refractivity contribution in [3.8, 4) is 5.75 Å². The average molecular weight is 215 g/mol. The van der Waals surface area contributed by atoms with Crippen LogP contribution >= 0.6 is 11.6 Å². The Morgan fingerprint density at radius 1 is 1.50 bits per heavy atom. The molecule has 0 aliphatic carbocycles. The number of halogens is 1. The first kappa shape index (κ1) is 11.3. The zero-order valence-corrected chi connectivity index (χ0v) is 8.97. The number of ether oxygens (including phenoxy) is 1. The second kappa shape index (κ2) is 5.86. The largest absolute Gasteiger partial charge is 0.496 e. The lowest BCUT2D eigenvalue weighted by molar-refractivity contribution is 0.408. The molecule has 0 unspecified atom stereocenters. The second-order valence-corrected chi connectivity index (χ2v) is 3.36. The molecule has 0 bridgehead atoms. The monoisotopic (exact) mass is 214 g/mol. The van der Waals surface area contributed by atoms with E-state index in [1.807, 2.05) is 18.2 Å². The van der Waals surface area contributed by atoms with Crippen LogP contribution in [0.25, 0.3) is 0 Å². The number of benzene rings is 1. The maximum Gasteiger partial charge on any atom is 0.123 e. The number of hydrogen-bond acceptors (Lipinski definition) is 3. The predicted molar refractivity (Wildman–Crippen MR) is 58.8 cm³/mol. The first-order valence-corrected chi connectivity index (χ1v) is 4.89. The van der Waals surface area contributed by atoms with E-state index in [-0.39, 0.29) is 0 Å². The minimum Gasteiger partial charge on any atom is -0.496 e. The van der Waals surface area contributed by atoms with Crippen LogP contribution in [0, 0.1) is 0 Å². The number of methoxy groups -OCH3 is 1. The molecular weight excluding hydrogens is 200 g/mol. The summed E-state index contributed by atoms with van der Waals surface area (Å²) in [4.78, 5) is 0. The van der Waals surface area contributed by atoms with Crippen molar-refractivity contribution in [2.24, 2.45) is 5.73 Å². The van der Waals surface area contributed by atoms with Gasteiger partial charge >= 0.3 is 0 Å². The van der Waals surface area contributed by atoms with Gasteiger partial charge in [0.15, 0.2) is 0 Å². The highest BCUT2D eigenvalue weighted by Gasteiger charge is 2.02. The number of nitrogens with two attached hydrogens (primary N) is 1. The van der Waals surface area contributed by atoms with Crippen LogP contribution in [0.4, 0.5) is 0 Å². The Balaban J connectivity index is 2.67. The number of rotatable bonds is 5. The SMILES string of the molecule is COc1ccc(Cl)cc1CNCCN. The van der Waals surface area contributed by atoms with E-state index in [1.165, 1.54) is 0 Å². The first-order chi connectivity index (χ1) is 6.77. The zero-order valence-electron chi connectivity index (χ0n) is 8.22. The minimum absolute atomic E-state index is 0.628. The predicted octanol–water partition coefficient (Wildman–Crippen LogP) is 1.40. The third kappa shape index (κ3) is 3.18. The van der Waals surface area contributed by atoms with Crippen molar-refractivity contribution in [3.05, 3.63) is 28.8 Å². The van der Waals surface area contributed by atoms with Crippen LogP contribution in [0.15, 0.2) is 18.2 Å². The maximum atomic E-state index is 5.88. The smallest absolute Gasteiger partial charge is 0.123 e. The van der Waals surface area contributed by atoms with Crippen molar-refractivity contribution >= 4 is 11.6 Å². The van der Waals surface area contributed by atoms with E-state index in [0.29, 0.717) is 6.54 Å². The van der Waals surface area contributed by atoms with Crippen LogP contribution in [0.1, 0.15) is 5.56 Å². The molecule has 3 N–H and O–H groups in total. The van der Waals surface area contributed by atoms with Crippen LogP contribution in [-0.4, -0.2) is 20.2 Å². The fourth-order valence-electron chi connectivity index (χ4n) is 1.21. The highest BCUT2D eigenvalue weighted by atomic mass is 35.5. The summed E-state index contributed by atoms with van der Waals surface area (Å²) < 4.78 is 5.20. The Morgan fingerprint density at radius 3 is 2.93 bits per heavy atom. The van der Waals surface area contributed by atoms with Gasteiger partial charge in [-0.25, -0.2) is 0 Å². The number of nitrogens with one attached hydrogen (secondary N) is 1. The molecule has 0 aliphatic rings. The molecule has 1 aromatic carbocycles. The fourth-order valence-corrected chi connectivity index (χ4v) is 1.41. The van der Waals surface area contributed by atoms with E-state index in [1.54, 1.807) is 7.11 Å². The van der Waals surface area contributed by atoms with Gasteiger partial charge in [-0.15, -0.1) is 0 Å². The molecule has 1 rings (SSSR count). The van der Waals surface area contributed by atoms with E-state index in [9.17, 15) is 0 Å². The molecule has 0 spiro atoms. The molecule has 0 heterocycles. The third-order valence-electron chi connectivity index (χ3n) is 1.88. The summed E-state index contributed by atoms with van der Waals surface area (Å²) in [6.45, 7) is 2.14. The van der Waals surface area contributed by atoms with Crippen LogP contribution in [-0.2, 0) is 6.54 Å². The summed E-state index contributed by atoms with van der Waals surface area (Å²) in [6.07, 6.45) is 0. The molecule has 78 valence electrons. The van der Waals surface area contributed by atoms with Gasteiger partial charge in [0.25, 0.3) is 0 Å². The Bertz CT molecular complexity index is 291. The quantitative estimate of drug-likeness (QED) is 0.729. The Morgan fingerprint density at radius 2 is 2.29 bits per heavy atom. The molecule has 0 aliphatic heterocycles. The van der Waals surface area contributed by atoms with Crippen LogP contribution in [0.5, 0.6) is 5.75 Å². The lowest BCUT2D eigenvalue weighted by Crippen LogP contribution is -2.22. The van der Waals surface area contributed by atoms with Gasteiger partial charge in [-0.3, -0.25) is 0 Å². The number of hydrogen-bond donors (Lipinski definition) is 2. The molecule has 3 nitrogen and oxygen atoms in total. The molecule has 0 aromatic heterocycles. The highest BCUT2D eigenvalue weighted by molar-refractivity contribution is 6.30. The molecule has 0 fully saturated rings. The van der Waals surface area contributed by atoms with Gasteiger partial charge < -0.3 is 15.8 Å². The van der Waals surface area contributed by atoms with Crippen molar-refractivity contribution < 1.29 is 4.74 Å². The molecule has 0 saturated heterocycles. The van der Waals surface area contributed by atoms with E-state index in [4.69, 9.17) is 22.1 Å². The Kier molecular flexibility index (Phi) is 4.73. The summed E-state index contributed by atoms with van der Waals surface area (Å²) in [6, 6.07) is 5.57. The van der Waals surface area contributed by atoms with E-state index in [0.717, 1.165) is 29.4 Å². The van der Waals surface area contributed by atoms with Crippen molar-refractivity contribution in [1.29, 1.82) is 0 Å². The summed E-state index contributed by atoms with van der Waals surface area (Å²) in [5.74, 6) is 0.846. The topological polar surface area (TPSA) is 47.3 Å². The molecule has 0 amide bonds. The summed E-state index contributed by atoms with van der Waals surface area (Å²) >= 11 is 5.88. The molecule has 1 aromatic rings. The van der Waals surface area contributed by atoms with Crippen LogP contribution in [0.2, 0.25) is 5.02 Å².